The fraction of sp³-hybridized carbons (Fsp3) is 0.767. The van der Waals surface area contributed by atoms with Gasteiger partial charge in [0.2, 0.25) is 6.29 Å². The molecular weight excluding hydrogens is 584 g/mol. The summed E-state index contributed by atoms with van der Waals surface area (Å²) >= 11 is 0. The number of ether oxygens (including phenoxy) is 6. The van der Waals surface area contributed by atoms with E-state index < -0.39 is 74.6 Å². The Morgan fingerprint density at radius 1 is 0.841 bits per heavy atom. The third-order valence-corrected chi connectivity index (χ3v) is 7.78. The van der Waals surface area contributed by atoms with Crippen LogP contribution in [0.15, 0.2) is 18.2 Å². The van der Waals surface area contributed by atoms with E-state index in [1.807, 2.05) is 0 Å². The Morgan fingerprint density at radius 3 is 2.16 bits per heavy atom. The smallest absolute Gasteiger partial charge is 0.306 e. The fourth-order valence-corrected chi connectivity index (χ4v) is 5.14. The Hall–Kier alpha value is -2.11. The highest BCUT2D eigenvalue weighted by Crippen LogP contribution is 2.36. The van der Waals surface area contributed by atoms with Crippen molar-refractivity contribution < 1.29 is 69.0 Å². The summed E-state index contributed by atoms with van der Waals surface area (Å²) in [6.45, 7) is 2.78. The first kappa shape index (κ1) is 36.4. The Morgan fingerprint density at radius 2 is 1.50 bits per heavy atom. The Kier molecular flexibility index (Phi) is 14.5. The van der Waals surface area contributed by atoms with Crippen LogP contribution in [0.3, 0.4) is 0 Å². The second kappa shape index (κ2) is 17.5. The van der Waals surface area contributed by atoms with Crippen molar-refractivity contribution >= 4 is 5.97 Å². The molecule has 0 amide bonds. The Labute approximate surface area is 257 Å². The van der Waals surface area contributed by atoms with Crippen LogP contribution >= 0.6 is 0 Å². The van der Waals surface area contributed by atoms with Gasteiger partial charge in [-0.1, -0.05) is 51.7 Å². The average Bonchev–Trinajstić information content (AvgIpc) is 3.01. The minimum absolute atomic E-state index is 0.0812. The molecule has 2 aliphatic heterocycles. The van der Waals surface area contributed by atoms with Gasteiger partial charge in [-0.25, -0.2) is 0 Å². The lowest BCUT2D eigenvalue weighted by atomic mass is 9.97. The molecule has 3 rings (SSSR count). The maximum Gasteiger partial charge on any atom is 0.306 e. The van der Waals surface area contributed by atoms with Crippen molar-refractivity contribution in [2.45, 2.75) is 120 Å². The number of benzene rings is 1. The Balaban J connectivity index is 1.64. The minimum Gasteiger partial charge on any atom is -0.493 e. The molecule has 7 N–H and O–H groups in total. The molecule has 2 fully saturated rings. The molecule has 14 nitrogen and oxygen atoms in total. The van der Waals surface area contributed by atoms with Crippen molar-refractivity contribution in [1.29, 1.82) is 0 Å². The lowest BCUT2D eigenvalue weighted by molar-refractivity contribution is -0.352. The van der Waals surface area contributed by atoms with Crippen LogP contribution in [0.4, 0.5) is 0 Å². The fourth-order valence-electron chi connectivity index (χ4n) is 5.14. The normalized spacial score (nSPS) is 32.4. The Bertz CT molecular complexity index is 1000. The first-order chi connectivity index (χ1) is 21.0. The molecule has 1 aromatic rings. The van der Waals surface area contributed by atoms with Gasteiger partial charge in [0.15, 0.2) is 17.8 Å². The van der Waals surface area contributed by atoms with Crippen LogP contribution in [0, 0.1) is 5.92 Å². The molecule has 1 aromatic carbocycles. The van der Waals surface area contributed by atoms with Crippen LogP contribution in [-0.4, -0.2) is 123 Å². The summed E-state index contributed by atoms with van der Waals surface area (Å²) < 4.78 is 33.4. The monoisotopic (exact) mass is 632 g/mol. The third-order valence-electron chi connectivity index (χ3n) is 7.78. The van der Waals surface area contributed by atoms with E-state index in [2.05, 4.69) is 13.8 Å². The van der Waals surface area contributed by atoms with Gasteiger partial charge in [-0.05, 0) is 18.4 Å². The number of methoxy groups -OCH3 is 1. The molecule has 2 saturated heterocycles. The number of aliphatic hydroxyl groups is 7. The lowest BCUT2D eigenvalue weighted by Gasteiger charge is -2.45. The number of hydrogen-bond acceptors (Lipinski definition) is 14. The van der Waals surface area contributed by atoms with Gasteiger partial charge in [0.1, 0.15) is 55.4 Å². The average molecular weight is 633 g/mol. The number of aliphatic hydroxyl groups excluding tert-OH is 7. The molecule has 2 aliphatic rings. The predicted molar refractivity (Wildman–Crippen MR) is 152 cm³/mol. The number of para-hydroxylation sites is 1. The van der Waals surface area contributed by atoms with Crippen molar-refractivity contribution in [3.63, 3.8) is 0 Å². The number of rotatable bonds is 16. The van der Waals surface area contributed by atoms with Gasteiger partial charge < -0.3 is 64.2 Å². The standard InChI is InChI=1S/C30H48O14/c1-16(2)9-6-4-5-7-12-21(33)40-15-17-10-8-11-18(39-3)27(17)43-30-26(38)24(36)28(20(14-32)42-30)44-29-25(37)23(35)22(34)19(13-31)41-29/h8,10-11,16,19-20,22-26,28-32,34-38H,4-7,9,12-15H2,1-3H3. The molecule has 0 aromatic heterocycles. The molecule has 0 radical (unpaired) electrons. The quantitative estimate of drug-likeness (QED) is 0.0924. The van der Waals surface area contributed by atoms with Crippen LogP contribution in [-0.2, 0) is 30.3 Å². The molecule has 44 heavy (non-hydrogen) atoms. The van der Waals surface area contributed by atoms with E-state index in [9.17, 15) is 40.5 Å². The summed E-state index contributed by atoms with van der Waals surface area (Å²) in [7, 11) is 1.39. The number of hydrogen-bond donors (Lipinski definition) is 7. The van der Waals surface area contributed by atoms with Crippen molar-refractivity contribution in [3.05, 3.63) is 23.8 Å². The van der Waals surface area contributed by atoms with Crippen molar-refractivity contribution in [1.82, 2.24) is 0 Å². The summed E-state index contributed by atoms with van der Waals surface area (Å²) in [5, 5.41) is 71.7. The summed E-state index contributed by atoms with van der Waals surface area (Å²) in [5.41, 5.74) is 0.403. The van der Waals surface area contributed by atoms with Gasteiger partial charge in [0, 0.05) is 12.0 Å². The number of carbonyl (C=O) groups excluding carboxylic acids is 1. The summed E-state index contributed by atoms with van der Waals surface area (Å²) in [6.07, 6.45) is -10.7. The molecule has 252 valence electrons. The van der Waals surface area contributed by atoms with E-state index in [-0.39, 0.29) is 30.5 Å². The van der Waals surface area contributed by atoms with Crippen LogP contribution in [0.1, 0.15) is 57.9 Å². The van der Waals surface area contributed by atoms with Gasteiger partial charge in [0.25, 0.3) is 0 Å². The SMILES string of the molecule is COc1cccc(COC(=O)CCCCCCC(C)C)c1OC1OC(CO)C(OC2OC(CO)C(O)C(O)C2O)C(O)C1O. The highest BCUT2D eigenvalue weighted by Gasteiger charge is 2.51. The number of carbonyl (C=O) groups is 1. The zero-order chi connectivity index (χ0) is 32.4. The largest absolute Gasteiger partial charge is 0.493 e. The molecule has 0 saturated carbocycles. The van der Waals surface area contributed by atoms with E-state index in [1.54, 1.807) is 18.2 Å². The first-order valence-corrected chi connectivity index (χ1v) is 15.1. The maximum atomic E-state index is 12.4. The van der Waals surface area contributed by atoms with E-state index in [0.29, 0.717) is 17.9 Å². The van der Waals surface area contributed by atoms with Gasteiger partial charge in [-0.2, -0.15) is 0 Å². The second-order valence-electron chi connectivity index (χ2n) is 11.6. The highest BCUT2D eigenvalue weighted by molar-refractivity contribution is 5.69. The number of esters is 1. The van der Waals surface area contributed by atoms with Gasteiger partial charge >= 0.3 is 5.97 Å². The summed E-state index contributed by atoms with van der Waals surface area (Å²) in [6, 6.07) is 4.88. The van der Waals surface area contributed by atoms with Crippen LogP contribution in [0.2, 0.25) is 0 Å². The van der Waals surface area contributed by atoms with Crippen LogP contribution < -0.4 is 9.47 Å². The maximum absolute atomic E-state index is 12.4. The van der Waals surface area contributed by atoms with E-state index in [0.717, 1.165) is 25.7 Å². The van der Waals surface area contributed by atoms with E-state index >= 15 is 0 Å². The van der Waals surface area contributed by atoms with Gasteiger partial charge in [0.05, 0.1) is 20.3 Å². The molecule has 0 spiro atoms. The molecule has 10 unspecified atom stereocenters. The van der Waals surface area contributed by atoms with E-state index in [1.165, 1.54) is 7.11 Å². The second-order valence-corrected chi connectivity index (χ2v) is 11.6. The predicted octanol–water partition coefficient (Wildman–Crippen LogP) is -0.262. The summed E-state index contributed by atoms with van der Waals surface area (Å²) in [4.78, 5) is 12.4. The highest BCUT2D eigenvalue weighted by atomic mass is 16.7. The first-order valence-electron chi connectivity index (χ1n) is 15.1. The van der Waals surface area contributed by atoms with Crippen LogP contribution in [0.5, 0.6) is 11.5 Å². The minimum atomic E-state index is -1.78. The van der Waals surface area contributed by atoms with Crippen LogP contribution in [0.25, 0.3) is 0 Å². The van der Waals surface area contributed by atoms with Crippen molar-refractivity contribution in [2.75, 3.05) is 20.3 Å². The van der Waals surface area contributed by atoms with E-state index in [4.69, 9.17) is 28.4 Å². The molecule has 0 bridgehead atoms. The van der Waals surface area contributed by atoms with Crippen molar-refractivity contribution in [3.8, 4) is 11.5 Å². The topological polar surface area (TPSA) is 214 Å². The zero-order valence-corrected chi connectivity index (χ0v) is 25.4. The molecule has 2 heterocycles. The molecule has 10 atom stereocenters. The van der Waals surface area contributed by atoms with Crippen molar-refractivity contribution in [2.24, 2.45) is 5.92 Å². The summed E-state index contributed by atoms with van der Waals surface area (Å²) in [5.74, 6) is 0.593. The number of unbranched alkanes of at least 4 members (excludes halogenated alkanes) is 3. The zero-order valence-electron chi connectivity index (χ0n) is 25.4. The van der Waals surface area contributed by atoms with Gasteiger partial charge in [-0.3, -0.25) is 4.79 Å². The molecule has 0 aliphatic carbocycles. The molecular formula is C30H48O14. The van der Waals surface area contributed by atoms with Gasteiger partial charge in [-0.15, -0.1) is 0 Å². The molecule has 14 heteroatoms. The third kappa shape index (κ3) is 9.45. The lowest BCUT2D eigenvalue weighted by Crippen LogP contribution is -2.65.